The van der Waals surface area contributed by atoms with Crippen LogP contribution in [0, 0.1) is 11.3 Å². The third-order valence-electron chi connectivity index (χ3n) is 4.87. The maximum atomic E-state index is 11.5. The highest BCUT2D eigenvalue weighted by Gasteiger charge is 2.41. The Balaban J connectivity index is 1.89. The first kappa shape index (κ1) is 12.9. The molecule has 0 amide bonds. The number of aliphatic hydroxyl groups excluding tert-OH is 1. The molecule has 2 fully saturated rings. The second-order valence-corrected chi connectivity index (χ2v) is 6.01. The molecular formula is C14H24O3. The Morgan fingerprint density at radius 3 is 2.24 bits per heavy atom. The van der Waals surface area contributed by atoms with Crippen molar-refractivity contribution >= 4 is 5.97 Å². The molecule has 0 aliphatic heterocycles. The summed E-state index contributed by atoms with van der Waals surface area (Å²) in [6.45, 7) is 0. The molecule has 0 bridgehead atoms. The van der Waals surface area contributed by atoms with Crippen molar-refractivity contribution in [3.05, 3.63) is 0 Å². The molecule has 2 N–H and O–H groups in total. The molecule has 0 aromatic heterocycles. The number of carboxylic acids is 1. The van der Waals surface area contributed by atoms with Crippen LogP contribution in [0.1, 0.15) is 64.2 Å². The lowest BCUT2D eigenvalue weighted by Gasteiger charge is -2.35. The number of rotatable bonds is 4. The molecule has 2 aliphatic rings. The zero-order chi connectivity index (χ0) is 12.3. The predicted molar refractivity (Wildman–Crippen MR) is 65.7 cm³/mol. The van der Waals surface area contributed by atoms with E-state index in [1.54, 1.807) is 0 Å². The average molecular weight is 240 g/mol. The van der Waals surface area contributed by atoms with Crippen LogP contribution < -0.4 is 0 Å². The molecule has 0 unspecified atom stereocenters. The van der Waals surface area contributed by atoms with Crippen LogP contribution in [-0.2, 0) is 4.79 Å². The van der Waals surface area contributed by atoms with Gasteiger partial charge in [0.1, 0.15) is 0 Å². The zero-order valence-corrected chi connectivity index (χ0v) is 10.5. The molecule has 17 heavy (non-hydrogen) atoms. The lowest BCUT2D eigenvalue weighted by molar-refractivity contribution is -0.153. The Morgan fingerprint density at radius 1 is 1.12 bits per heavy atom. The fourth-order valence-corrected chi connectivity index (χ4v) is 3.51. The molecule has 0 aromatic rings. The van der Waals surface area contributed by atoms with E-state index in [2.05, 4.69) is 0 Å². The highest BCUT2D eigenvalue weighted by atomic mass is 16.4. The van der Waals surface area contributed by atoms with Crippen molar-refractivity contribution in [1.29, 1.82) is 0 Å². The Bertz CT molecular complexity index is 261. The minimum absolute atomic E-state index is 0.269. The van der Waals surface area contributed by atoms with Gasteiger partial charge in [-0.3, -0.25) is 4.79 Å². The van der Waals surface area contributed by atoms with Crippen LogP contribution in [0.5, 0.6) is 0 Å². The largest absolute Gasteiger partial charge is 0.481 e. The summed E-state index contributed by atoms with van der Waals surface area (Å²) in [7, 11) is 0. The fraction of sp³-hybridized carbons (Fsp3) is 0.929. The van der Waals surface area contributed by atoms with Gasteiger partial charge in [0.15, 0.2) is 0 Å². The molecule has 2 aliphatic carbocycles. The molecule has 3 heteroatoms. The average Bonchev–Trinajstić information content (AvgIpc) is 2.81. The number of aliphatic hydroxyl groups is 1. The van der Waals surface area contributed by atoms with Crippen LogP contribution in [0.3, 0.4) is 0 Å². The maximum absolute atomic E-state index is 11.5. The van der Waals surface area contributed by atoms with Gasteiger partial charge < -0.3 is 10.2 Å². The highest BCUT2D eigenvalue weighted by molar-refractivity contribution is 5.74. The second kappa shape index (κ2) is 5.38. The first-order valence-corrected chi connectivity index (χ1v) is 7.04. The molecule has 98 valence electrons. The molecule has 2 saturated carbocycles. The summed E-state index contributed by atoms with van der Waals surface area (Å²) in [5.74, 6) is 0.125. The lowest BCUT2D eigenvalue weighted by Crippen LogP contribution is -2.37. The monoisotopic (exact) mass is 240 g/mol. The zero-order valence-electron chi connectivity index (χ0n) is 10.5. The van der Waals surface area contributed by atoms with Crippen molar-refractivity contribution in [2.45, 2.75) is 70.3 Å². The lowest BCUT2D eigenvalue weighted by atomic mass is 9.69. The molecule has 0 heterocycles. The maximum Gasteiger partial charge on any atom is 0.309 e. The molecule has 0 atom stereocenters. The van der Waals surface area contributed by atoms with E-state index in [1.807, 2.05) is 0 Å². The third kappa shape index (κ3) is 3.01. The van der Waals surface area contributed by atoms with Crippen LogP contribution in [0.25, 0.3) is 0 Å². The van der Waals surface area contributed by atoms with Crippen molar-refractivity contribution in [2.75, 3.05) is 0 Å². The van der Waals surface area contributed by atoms with Crippen LogP contribution in [0.4, 0.5) is 0 Å². The molecule has 3 nitrogen and oxygen atoms in total. The van der Waals surface area contributed by atoms with Gasteiger partial charge in [0, 0.05) is 0 Å². The first-order chi connectivity index (χ1) is 8.12. The minimum Gasteiger partial charge on any atom is -0.481 e. The van der Waals surface area contributed by atoms with Gasteiger partial charge in [-0.2, -0.15) is 0 Å². The minimum atomic E-state index is -0.637. The third-order valence-corrected chi connectivity index (χ3v) is 4.87. The summed E-state index contributed by atoms with van der Waals surface area (Å²) in [4.78, 5) is 11.5. The summed E-state index contributed by atoms with van der Waals surface area (Å²) in [6.07, 6.45) is 9.50. The Morgan fingerprint density at radius 2 is 1.71 bits per heavy atom. The predicted octanol–water partition coefficient (Wildman–Crippen LogP) is 2.96. The summed E-state index contributed by atoms with van der Waals surface area (Å²) in [6, 6.07) is 0. The van der Waals surface area contributed by atoms with E-state index in [4.69, 9.17) is 0 Å². The molecule has 0 aromatic carbocycles. The van der Waals surface area contributed by atoms with Crippen LogP contribution >= 0.6 is 0 Å². The molecule has 0 radical (unpaired) electrons. The van der Waals surface area contributed by atoms with Crippen molar-refractivity contribution < 1.29 is 15.0 Å². The van der Waals surface area contributed by atoms with E-state index < -0.39 is 11.4 Å². The number of hydrogen-bond donors (Lipinski definition) is 2. The quantitative estimate of drug-likeness (QED) is 0.794. The normalized spacial score (nSPS) is 35.0. The van der Waals surface area contributed by atoms with E-state index >= 15 is 0 Å². The van der Waals surface area contributed by atoms with Gasteiger partial charge in [-0.15, -0.1) is 0 Å². The molecular weight excluding hydrogens is 216 g/mol. The highest BCUT2D eigenvalue weighted by Crippen LogP contribution is 2.43. The van der Waals surface area contributed by atoms with Crippen molar-refractivity contribution in [3.63, 3.8) is 0 Å². The first-order valence-electron chi connectivity index (χ1n) is 7.04. The Labute approximate surface area is 103 Å². The SMILES string of the molecule is O=C(O)C1(CCC2CCCC2)CCC(O)CC1. The van der Waals surface area contributed by atoms with E-state index in [1.165, 1.54) is 25.7 Å². The number of carboxylic acid groups (broad SMARTS) is 1. The van der Waals surface area contributed by atoms with Gasteiger partial charge in [-0.05, 0) is 44.4 Å². The van der Waals surface area contributed by atoms with Gasteiger partial charge in [-0.1, -0.05) is 25.7 Å². The summed E-state index contributed by atoms with van der Waals surface area (Å²) in [5.41, 5.74) is -0.526. The Hall–Kier alpha value is -0.570. The van der Waals surface area contributed by atoms with Gasteiger partial charge in [0.05, 0.1) is 11.5 Å². The van der Waals surface area contributed by atoms with E-state index in [-0.39, 0.29) is 6.10 Å². The molecule has 0 saturated heterocycles. The molecule has 2 rings (SSSR count). The van der Waals surface area contributed by atoms with Gasteiger partial charge >= 0.3 is 5.97 Å². The topological polar surface area (TPSA) is 57.5 Å². The van der Waals surface area contributed by atoms with Crippen LogP contribution in [0.2, 0.25) is 0 Å². The van der Waals surface area contributed by atoms with Gasteiger partial charge in [0.2, 0.25) is 0 Å². The van der Waals surface area contributed by atoms with Gasteiger partial charge in [0.25, 0.3) is 0 Å². The van der Waals surface area contributed by atoms with E-state index in [0.29, 0.717) is 25.7 Å². The number of aliphatic carboxylic acids is 1. The summed E-state index contributed by atoms with van der Waals surface area (Å²) >= 11 is 0. The Kier molecular flexibility index (Phi) is 4.08. The summed E-state index contributed by atoms with van der Waals surface area (Å²) < 4.78 is 0. The molecule has 0 spiro atoms. The summed E-state index contributed by atoms with van der Waals surface area (Å²) in [5, 5.41) is 19.0. The van der Waals surface area contributed by atoms with Crippen molar-refractivity contribution in [3.8, 4) is 0 Å². The number of hydrogen-bond acceptors (Lipinski definition) is 2. The second-order valence-electron chi connectivity index (χ2n) is 6.01. The van der Waals surface area contributed by atoms with Crippen molar-refractivity contribution in [2.24, 2.45) is 11.3 Å². The van der Waals surface area contributed by atoms with E-state index in [9.17, 15) is 15.0 Å². The van der Waals surface area contributed by atoms with Crippen LogP contribution in [0.15, 0.2) is 0 Å². The fourth-order valence-electron chi connectivity index (χ4n) is 3.51. The van der Waals surface area contributed by atoms with Crippen molar-refractivity contribution in [1.82, 2.24) is 0 Å². The van der Waals surface area contributed by atoms with Gasteiger partial charge in [-0.25, -0.2) is 0 Å². The standard InChI is InChI=1S/C14H24O3/c15-12-6-9-14(10-7-12,13(16)17)8-5-11-3-1-2-4-11/h11-12,15H,1-10H2,(H,16,17). The smallest absolute Gasteiger partial charge is 0.309 e. The van der Waals surface area contributed by atoms with E-state index in [0.717, 1.165) is 18.8 Å². The van der Waals surface area contributed by atoms with Crippen LogP contribution in [-0.4, -0.2) is 22.3 Å². The number of carbonyl (C=O) groups is 1.